The van der Waals surface area contributed by atoms with Crippen molar-refractivity contribution in [2.75, 3.05) is 39.5 Å². The fourth-order valence-corrected chi connectivity index (χ4v) is 8.46. The van der Waals surface area contributed by atoms with Gasteiger partial charge in [0, 0.05) is 43.3 Å². The first kappa shape index (κ1) is 28.3. The number of carbonyl (C=O) groups excluding carboxylic acids is 1. The zero-order valence-electron chi connectivity index (χ0n) is 23.7. The van der Waals surface area contributed by atoms with Crippen molar-refractivity contribution in [1.82, 2.24) is 24.0 Å². The zero-order chi connectivity index (χ0) is 27.9. The predicted octanol–water partition coefficient (Wildman–Crippen LogP) is 2.66. The normalized spacial score (nSPS) is 26.2. The molecule has 0 aliphatic carbocycles. The summed E-state index contributed by atoms with van der Waals surface area (Å²) >= 11 is 0. The summed E-state index contributed by atoms with van der Waals surface area (Å²) in [5.41, 5.74) is 0.781. The highest BCUT2D eigenvalue weighted by molar-refractivity contribution is 7.89. The maximum atomic E-state index is 13.3. The Balaban J connectivity index is 1.18. The van der Waals surface area contributed by atoms with Crippen molar-refractivity contribution in [1.29, 1.82) is 0 Å². The zero-order valence-corrected chi connectivity index (χ0v) is 24.5. The number of nitrogens with one attached hydrogen (secondary N) is 1. The lowest BCUT2D eigenvalue weighted by Gasteiger charge is -2.39. The summed E-state index contributed by atoms with van der Waals surface area (Å²) in [6, 6.07) is 10.3. The molecule has 1 amide bonds. The van der Waals surface area contributed by atoms with Gasteiger partial charge in [-0.2, -0.15) is 0 Å². The Morgan fingerprint density at radius 3 is 2.44 bits per heavy atom. The maximum absolute atomic E-state index is 13.3. The highest BCUT2D eigenvalue weighted by atomic mass is 32.2. The van der Waals surface area contributed by atoms with E-state index in [9.17, 15) is 18.0 Å². The molecule has 4 heterocycles. The molecule has 39 heavy (non-hydrogen) atoms. The number of piperidine rings is 1. The lowest BCUT2D eigenvalue weighted by molar-refractivity contribution is 0.0844. The molecule has 5 rings (SSSR count). The molecule has 3 atom stereocenters. The third-order valence-corrected chi connectivity index (χ3v) is 10.9. The third kappa shape index (κ3) is 5.80. The maximum Gasteiger partial charge on any atom is 0.264 e. The number of pyridine rings is 1. The van der Waals surface area contributed by atoms with Crippen LogP contribution in [-0.2, 0) is 10.0 Å². The Bertz CT molecular complexity index is 1360. The van der Waals surface area contributed by atoms with Crippen LogP contribution in [0.25, 0.3) is 10.9 Å². The Morgan fingerprint density at radius 2 is 1.79 bits per heavy atom. The van der Waals surface area contributed by atoms with Gasteiger partial charge in [0.05, 0.1) is 11.3 Å². The van der Waals surface area contributed by atoms with Crippen molar-refractivity contribution < 1.29 is 13.2 Å². The van der Waals surface area contributed by atoms with Gasteiger partial charge < -0.3 is 14.8 Å². The molecule has 1 N–H and O–H groups in total. The van der Waals surface area contributed by atoms with Gasteiger partial charge in [-0.3, -0.25) is 14.5 Å². The van der Waals surface area contributed by atoms with E-state index in [1.807, 2.05) is 52.2 Å². The molecule has 10 heteroatoms. The summed E-state index contributed by atoms with van der Waals surface area (Å²) in [7, 11) is 0.774. The van der Waals surface area contributed by atoms with E-state index in [0.717, 1.165) is 49.6 Å². The summed E-state index contributed by atoms with van der Waals surface area (Å²) in [4.78, 5) is 31.2. The van der Waals surface area contributed by atoms with E-state index in [0.29, 0.717) is 37.6 Å². The van der Waals surface area contributed by atoms with Crippen LogP contribution in [0.5, 0.6) is 0 Å². The number of hydrogen-bond donors (Lipinski definition) is 1. The van der Waals surface area contributed by atoms with Crippen LogP contribution in [-0.4, -0.2) is 96.6 Å². The molecule has 3 aliphatic rings. The lowest BCUT2D eigenvalue weighted by atomic mass is 9.96. The minimum absolute atomic E-state index is 0.0147. The Labute approximate surface area is 232 Å². The number of nitrogens with zero attached hydrogens (tertiary/aromatic N) is 4. The van der Waals surface area contributed by atoms with E-state index in [-0.39, 0.29) is 34.9 Å². The van der Waals surface area contributed by atoms with Crippen LogP contribution in [0, 0.1) is 0 Å². The topological polar surface area (TPSA) is 95.0 Å². The standard InChI is InChI=1S/C29H43N5O4S/c1-20(2)34-27-9-6-5-8-21(27)16-26(29(34)36)28(35)30-22-17-23-10-11-24(18-22)33(23)13-7-15-39(37,38)32-14-12-25(19-32)31(3)4/h5-6,8-9,16,20,22-25H,7,10-15,17-19H2,1-4H3,(H,30,35). The number of amides is 1. The molecule has 1 aromatic heterocycles. The molecule has 3 unspecified atom stereocenters. The number of fused-ring (bicyclic) bond motifs is 3. The predicted molar refractivity (Wildman–Crippen MR) is 155 cm³/mol. The Hall–Kier alpha value is -2.27. The minimum Gasteiger partial charge on any atom is -0.349 e. The van der Waals surface area contributed by atoms with E-state index >= 15 is 0 Å². The molecule has 0 spiro atoms. The van der Waals surface area contributed by atoms with Gasteiger partial charge in [0.2, 0.25) is 10.0 Å². The molecule has 3 fully saturated rings. The fourth-order valence-electron chi connectivity index (χ4n) is 6.92. The van der Waals surface area contributed by atoms with Gasteiger partial charge in [-0.05, 0) is 90.5 Å². The van der Waals surface area contributed by atoms with E-state index < -0.39 is 10.0 Å². The van der Waals surface area contributed by atoms with Crippen LogP contribution in [0.15, 0.2) is 35.1 Å². The highest BCUT2D eigenvalue weighted by Gasteiger charge is 2.41. The third-order valence-electron chi connectivity index (χ3n) is 8.99. The van der Waals surface area contributed by atoms with E-state index in [2.05, 4.69) is 15.1 Å². The monoisotopic (exact) mass is 557 g/mol. The Morgan fingerprint density at radius 1 is 1.10 bits per heavy atom. The first-order chi connectivity index (χ1) is 18.5. The summed E-state index contributed by atoms with van der Waals surface area (Å²) in [6.07, 6.45) is 5.31. The van der Waals surface area contributed by atoms with Gasteiger partial charge >= 0.3 is 0 Å². The van der Waals surface area contributed by atoms with Gasteiger partial charge in [-0.15, -0.1) is 0 Å². The van der Waals surface area contributed by atoms with Crippen molar-refractivity contribution in [3.63, 3.8) is 0 Å². The van der Waals surface area contributed by atoms with E-state index in [1.54, 1.807) is 14.9 Å². The molecule has 214 valence electrons. The molecular formula is C29H43N5O4S. The fraction of sp³-hybridized carbons (Fsp3) is 0.655. The van der Waals surface area contributed by atoms with Crippen LogP contribution in [0.2, 0.25) is 0 Å². The lowest BCUT2D eigenvalue weighted by Crippen LogP contribution is -2.51. The van der Waals surface area contributed by atoms with Crippen LogP contribution in [0.1, 0.15) is 68.8 Å². The number of aromatic nitrogens is 1. The number of hydrogen-bond acceptors (Lipinski definition) is 6. The van der Waals surface area contributed by atoms with Crippen LogP contribution in [0.4, 0.5) is 0 Å². The minimum atomic E-state index is -3.24. The number of benzene rings is 1. The van der Waals surface area contributed by atoms with E-state index in [1.165, 1.54) is 0 Å². The SMILES string of the molecule is CC(C)n1c(=O)c(C(=O)NC2CC3CCC(C2)N3CCCS(=O)(=O)N2CCC(N(C)C)C2)cc2ccccc21. The van der Waals surface area contributed by atoms with Crippen molar-refractivity contribution in [2.24, 2.45) is 0 Å². The first-order valence-corrected chi connectivity index (χ1v) is 16.0. The molecule has 3 aliphatic heterocycles. The number of likely N-dealkylation sites (N-methyl/N-ethyl adjacent to an activating group) is 1. The average molecular weight is 558 g/mol. The van der Waals surface area contributed by atoms with Crippen molar-refractivity contribution >= 4 is 26.8 Å². The smallest absolute Gasteiger partial charge is 0.264 e. The molecule has 0 saturated carbocycles. The number of sulfonamides is 1. The molecule has 2 aromatic rings. The molecular weight excluding hydrogens is 514 g/mol. The number of para-hydroxylation sites is 1. The summed E-state index contributed by atoms with van der Waals surface area (Å²) in [5.74, 6) is -0.112. The summed E-state index contributed by atoms with van der Waals surface area (Å²) in [6.45, 7) is 5.88. The second-order valence-electron chi connectivity index (χ2n) is 12.1. The highest BCUT2D eigenvalue weighted by Crippen LogP contribution is 2.36. The van der Waals surface area contributed by atoms with Crippen LogP contribution in [0.3, 0.4) is 0 Å². The molecule has 3 saturated heterocycles. The van der Waals surface area contributed by atoms with Crippen molar-refractivity contribution in [3.8, 4) is 0 Å². The largest absolute Gasteiger partial charge is 0.349 e. The van der Waals surface area contributed by atoms with Crippen molar-refractivity contribution in [3.05, 3.63) is 46.2 Å². The van der Waals surface area contributed by atoms with Crippen molar-refractivity contribution in [2.45, 2.75) is 82.6 Å². The molecule has 9 nitrogen and oxygen atoms in total. The Kier molecular flexibility index (Phi) is 8.20. The number of carbonyl (C=O) groups is 1. The van der Waals surface area contributed by atoms with E-state index in [4.69, 9.17) is 0 Å². The second kappa shape index (κ2) is 11.3. The molecule has 2 bridgehead atoms. The quantitative estimate of drug-likeness (QED) is 0.510. The summed E-state index contributed by atoms with van der Waals surface area (Å²) in [5, 5.41) is 4.05. The van der Waals surface area contributed by atoms with Crippen LogP contribution >= 0.6 is 0 Å². The number of rotatable bonds is 9. The van der Waals surface area contributed by atoms with Gasteiger partial charge in [0.1, 0.15) is 5.56 Å². The van der Waals surface area contributed by atoms with Gasteiger partial charge in [-0.25, -0.2) is 12.7 Å². The van der Waals surface area contributed by atoms with Gasteiger partial charge in [0.25, 0.3) is 11.5 Å². The average Bonchev–Trinajstić information content (AvgIpc) is 3.47. The van der Waals surface area contributed by atoms with Gasteiger partial charge in [-0.1, -0.05) is 18.2 Å². The summed E-state index contributed by atoms with van der Waals surface area (Å²) < 4.78 is 29.2. The van der Waals surface area contributed by atoms with Gasteiger partial charge in [0.15, 0.2) is 0 Å². The molecule has 0 radical (unpaired) electrons. The molecule has 1 aromatic carbocycles. The van der Waals surface area contributed by atoms with Crippen LogP contribution < -0.4 is 10.9 Å². The second-order valence-corrected chi connectivity index (χ2v) is 14.2. The first-order valence-electron chi connectivity index (χ1n) is 14.4.